The number of methoxy groups -OCH3 is 1. The third-order valence-corrected chi connectivity index (χ3v) is 6.20. The van der Waals surface area contributed by atoms with E-state index in [2.05, 4.69) is 26.5 Å². The Kier molecular flexibility index (Phi) is 8.94. The van der Waals surface area contributed by atoms with Crippen LogP contribution in [0.4, 0.5) is 0 Å². The van der Waals surface area contributed by atoms with Crippen LogP contribution in [0.2, 0.25) is 0 Å². The minimum absolute atomic E-state index is 0.210. The van der Waals surface area contributed by atoms with E-state index in [-0.39, 0.29) is 12.4 Å². The van der Waals surface area contributed by atoms with Crippen molar-refractivity contribution < 1.29 is 28.5 Å². The molecule has 4 aromatic carbocycles. The first kappa shape index (κ1) is 26.7. The van der Waals surface area contributed by atoms with Gasteiger partial charge in [0, 0.05) is 0 Å². The van der Waals surface area contributed by atoms with Gasteiger partial charge in [-0.2, -0.15) is 5.10 Å². The maximum absolute atomic E-state index is 12.5. The van der Waals surface area contributed by atoms with Crippen molar-refractivity contribution in [1.29, 1.82) is 0 Å². The van der Waals surface area contributed by atoms with Crippen LogP contribution in [0.15, 0.2) is 88.4 Å². The van der Waals surface area contributed by atoms with Gasteiger partial charge in [-0.05, 0) is 87.7 Å². The van der Waals surface area contributed by atoms with Crippen LogP contribution in [0.25, 0.3) is 10.8 Å². The molecule has 0 aliphatic heterocycles. The number of nitrogens with zero attached hydrogens (tertiary/aromatic N) is 1. The second-order valence-corrected chi connectivity index (χ2v) is 8.73. The number of esters is 1. The maximum Gasteiger partial charge on any atom is 0.343 e. The number of hydrazone groups is 1. The number of hydrogen-bond acceptors (Lipinski definition) is 7. The molecule has 0 saturated carbocycles. The summed E-state index contributed by atoms with van der Waals surface area (Å²) in [6, 6.07) is 23.2. The topological polar surface area (TPSA) is 95.5 Å². The van der Waals surface area contributed by atoms with Crippen molar-refractivity contribution in [2.45, 2.75) is 6.92 Å². The first-order valence-corrected chi connectivity index (χ1v) is 12.5. The standard InChI is InChI=1S/C29H25BrN2O6/c1-3-36-26-16-19(8-14-24(26)38-29(34)21-9-12-22(35-2)13-10-21)17-31-32-27(33)18-37-25-15-11-20-6-4-5-7-23(20)28(25)30/h4-17H,3,18H2,1-2H3,(H,32,33)/b31-17-. The van der Waals surface area contributed by atoms with Crippen molar-refractivity contribution >= 4 is 44.8 Å². The molecule has 4 rings (SSSR count). The Balaban J connectivity index is 1.35. The van der Waals surface area contributed by atoms with Crippen molar-refractivity contribution in [2.75, 3.05) is 20.3 Å². The van der Waals surface area contributed by atoms with Gasteiger partial charge in [0.15, 0.2) is 18.1 Å². The SMILES string of the molecule is CCOc1cc(/C=N\NC(=O)COc2ccc3ccccc3c2Br)ccc1OC(=O)c1ccc(OC)cc1. The summed E-state index contributed by atoms with van der Waals surface area (Å²) in [5.74, 6) is 0.887. The zero-order valence-corrected chi connectivity index (χ0v) is 22.4. The number of rotatable bonds is 10. The fraction of sp³-hybridized carbons (Fsp3) is 0.138. The minimum atomic E-state index is -0.527. The Labute approximate surface area is 228 Å². The molecule has 0 aliphatic carbocycles. The monoisotopic (exact) mass is 576 g/mol. The number of halogens is 1. The van der Waals surface area contributed by atoms with E-state index in [1.54, 1.807) is 55.6 Å². The number of fused-ring (bicyclic) bond motifs is 1. The largest absolute Gasteiger partial charge is 0.497 e. The highest BCUT2D eigenvalue weighted by atomic mass is 79.9. The van der Waals surface area contributed by atoms with E-state index in [0.717, 1.165) is 15.2 Å². The quantitative estimate of drug-likeness (QED) is 0.112. The molecule has 0 heterocycles. The Morgan fingerprint density at radius 3 is 2.45 bits per heavy atom. The molecule has 0 atom stereocenters. The molecular weight excluding hydrogens is 552 g/mol. The van der Waals surface area contributed by atoms with E-state index < -0.39 is 11.9 Å². The molecule has 0 bridgehead atoms. The van der Waals surface area contributed by atoms with Gasteiger partial charge in [-0.1, -0.05) is 30.3 Å². The van der Waals surface area contributed by atoms with Crippen molar-refractivity contribution in [3.05, 3.63) is 94.5 Å². The molecule has 0 aliphatic rings. The number of carbonyl (C=O) groups excluding carboxylic acids is 2. The molecule has 0 radical (unpaired) electrons. The Morgan fingerprint density at radius 2 is 1.68 bits per heavy atom. The van der Waals surface area contributed by atoms with E-state index in [1.807, 2.05) is 37.3 Å². The van der Waals surface area contributed by atoms with E-state index in [9.17, 15) is 9.59 Å². The van der Waals surface area contributed by atoms with Crippen LogP contribution in [0.5, 0.6) is 23.0 Å². The zero-order chi connectivity index (χ0) is 26.9. The van der Waals surface area contributed by atoms with Crippen molar-refractivity contribution in [3.8, 4) is 23.0 Å². The number of benzene rings is 4. The second-order valence-electron chi connectivity index (χ2n) is 7.94. The minimum Gasteiger partial charge on any atom is -0.497 e. The van der Waals surface area contributed by atoms with Crippen LogP contribution in [0, 0.1) is 0 Å². The van der Waals surface area contributed by atoms with Gasteiger partial charge >= 0.3 is 5.97 Å². The molecule has 1 N–H and O–H groups in total. The molecule has 0 spiro atoms. The fourth-order valence-electron chi connectivity index (χ4n) is 3.52. The Bertz CT molecular complexity index is 1470. The van der Waals surface area contributed by atoms with Crippen LogP contribution in [-0.4, -0.2) is 38.4 Å². The normalized spacial score (nSPS) is 10.8. The van der Waals surface area contributed by atoms with E-state index >= 15 is 0 Å². The summed E-state index contributed by atoms with van der Waals surface area (Å²) >= 11 is 3.54. The van der Waals surface area contributed by atoms with Gasteiger partial charge in [0.25, 0.3) is 5.91 Å². The van der Waals surface area contributed by atoms with E-state index in [0.29, 0.717) is 35.0 Å². The summed E-state index contributed by atoms with van der Waals surface area (Å²) in [7, 11) is 1.55. The first-order chi connectivity index (χ1) is 18.5. The molecule has 0 aromatic heterocycles. The van der Waals surface area contributed by atoms with Crippen LogP contribution < -0.4 is 24.4 Å². The fourth-order valence-corrected chi connectivity index (χ4v) is 4.13. The van der Waals surface area contributed by atoms with Gasteiger partial charge in [0.2, 0.25) is 0 Å². The van der Waals surface area contributed by atoms with Gasteiger partial charge in [0.05, 0.1) is 30.0 Å². The van der Waals surface area contributed by atoms with Gasteiger partial charge in [-0.25, -0.2) is 10.2 Å². The zero-order valence-electron chi connectivity index (χ0n) is 20.8. The number of carbonyl (C=O) groups is 2. The molecule has 0 fully saturated rings. The first-order valence-electron chi connectivity index (χ1n) is 11.7. The number of hydrogen-bond donors (Lipinski definition) is 1. The lowest BCUT2D eigenvalue weighted by Crippen LogP contribution is -2.24. The number of ether oxygens (including phenoxy) is 4. The van der Waals surface area contributed by atoms with Crippen LogP contribution in [0.3, 0.4) is 0 Å². The Hall–Kier alpha value is -4.37. The molecule has 1 amide bonds. The average molecular weight is 577 g/mol. The van der Waals surface area contributed by atoms with Crippen LogP contribution >= 0.6 is 15.9 Å². The molecule has 4 aromatic rings. The van der Waals surface area contributed by atoms with Crippen LogP contribution in [-0.2, 0) is 4.79 Å². The molecule has 38 heavy (non-hydrogen) atoms. The van der Waals surface area contributed by atoms with Crippen molar-refractivity contribution in [3.63, 3.8) is 0 Å². The Morgan fingerprint density at radius 1 is 0.921 bits per heavy atom. The lowest BCUT2D eigenvalue weighted by Gasteiger charge is -2.11. The molecule has 0 unspecified atom stereocenters. The third kappa shape index (κ3) is 6.68. The summed E-state index contributed by atoms with van der Waals surface area (Å²) in [5.41, 5.74) is 3.45. The molecule has 0 saturated heterocycles. The smallest absolute Gasteiger partial charge is 0.343 e. The summed E-state index contributed by atoms with van der Waals surface area (Å²) in [6.45, 7) is 1.98. The highest BCUT2D eigenvalue weighted by molar-refractivity contribution is 9.10. The van der Waals surface area contributed by atoms with E-state index in [1.165, 1.54) is 6.21 Å². The second kappa shape index (κ2) is 12.7. The maximum atomic E-state index is 12.5. The predicted molar refractivity (Wildman–Crippen MR) is 148 cm³/mol. The lowest BCUT2D eigenvalue weighted by molar-refractivity contribution is -0.123. The predicted octanol–water partition coefficient (Wildman–Crippen LogP) is 5.76. The van der Waals surface area contributed by atoms with Gasteiger partial charge in [0.1, 0.15) is 11.5 Å². The lowest BCUT2D eigenvalue weighted by atomic mass is 10.1. The highest BCUT2D eigenvalue weighted by Gasteiger charge is 2.14. The average Bonchev–Trinajstić information content (AvgIpc) is 2.94. The van der Waals surface area contributed by atoms with Gasteiger partial charge in [-0.3, -0.25) is 4.79 Å². The number of amides is 1. The summed E-state index contributed by atoms with van der Waals surface area (Å²) in [6.07, 6.45) is 1.46. The molecular formula is C29H25BrN2O6. The molecule has 8 nitrogen and oxygen atoms in total. The van der Waals surface area contributed by atoms with Crippen LogP contribution in [0.1, 0.15) is 22.8 Å². The van der Waals surface area contributed by atoms with Crippen molar-refractivity contribution in [1.82, 2.24) is 5.43 Å². The van der Waals surface area contributed by atoms with Crippen molar-refractivity contribution in [2.24, 2.45) is 5.10 Å². The molecule has 194 valence electrons. The summed E-state index contributed by atoms with van der Waals surface area (Å²) in [5, 5.41) is 6.05. The summed E-state index contributed by atoms with van der Waals surface area (Å²) in [4.78, 5) is 24.8. The van der Waals surface area contributed by atoms with Gasteiger partial charge < -0.3 is 18.9 Å². The van der Waals surface area contributed by atoms with Gasteiger partial charge in [-0.15, -0.1) is 0 Å². The van der Waals surface area contributed by atoms with E-state index in [4.69, 9.17) is 18.9 Å². The third-order valence-electron chi connectivity index (χ3n) is 5.39. The highest BCUT2D eigenvalue weighted by Crippen LogP contribution is 2.33. The molecule has 9 heteroatoms. The number of nitrogens with one attached hydrogen (secondary N) is 1. The summed E-state index contributed by atoms with van der Waals surface area (Å²) < 4.78 is 22.7.